The van der Waals surface area contributed by atoms with E-state index in [-0.39, 0.29) is 0 Å². The Morgan fingerprint density at radius 1 is 1.32 bits per heavy atom. The normalized spacial score (nSPS) is 31.7. The first-order chi connectivity index (χ1) is 9.24. The SMILES string of the molecule is CCOC1CC(CC(=O)N2CCCCCC2CBr)C1. The summed E-state index contributed by atoms with van der Waals surface area (Å²) in [6.45, 7) is 3.79. The van der Waals surface area contributed by atoms with E-state index in [1.807, 2.05) is 6.92 Å². The molecule has 2 fully saturated rings. The zero-order chi connectivity index (χ0) is 13.7. The Morgan fingerprint density at radius 2 is 2.11 bits per heavy atom. The lowest BCUT2D eigenvalue weighted by Crippen LogP contribution is -2.43. The molecule has 0 bridgehead atoms. The Bertz CT molecular complexity index is 292. The van der Waals surface area contributed by atoms with Crippen molar-refractivity contribution in [1.29, 1.82) is 0 Å². The number of likely N-dealkylation sites (tertiary alicyclic amines) is 1. The number of rotatable bonds is 5. The van der Waals surface area contributed by atoms with Gasteiger partial charge in [-0.1, -0.05) is 28.8 Å². The molecule has 1 aliphatic heterocycles. The Balaban J connectivity index is 1.78. The van der Waals surface area contributed by atoms with Gasteiger partial charge in [-0.2, -0.15) is 0 Å². The van der Waals surface area contributed by atoms with Crippen LogP contribution < -0.4 is 0 Å². The predicted octanol–water partition coefficient (Wildman–Crippen LogP) is 3.36. The summed E-state index contributed by atoms with van der Waals surface area (Å²) >= 11 is 3.57. The van der Waals surface area contributed by atoms with E-state index in [0.29, 0.717) is 24.0 Å². The zero-order valence-corrected chi connectivity index (χ0v) is 13.5. The quantitative estimate of drug-likeness (QED) is 0.723. The summed E-state index contributed by atoms with van der Waals surface area (Å²) in [5.74, 6) is 0.926. The fourth-order valence-corrected chi connectivity index (χ4v) is 3.92. The lowest BCUT2D eigenvalue weighted by atomic mass is 9.79. The molecular formula is C15H26BrNO2. The molecule has 1 saturated carbocycles. The number of carbonyl (C=O) groups is 1. The number of alkyl halides is 1. The zero-order valence-electron chi connectivity index (χ0n) is 11.9. The van der Waals surface area contributed by atoms with Crippen LogP contribution in [0.25, 0.3) is 0 Å². The van der Waals surface area contributed by atoms with Crippen LogP contribution in [0.15, 0.2) is 0 Å². The smallest absolute Gasteiger partial charge is 0.223 e. The van der Waals surface area contributed by atoms with Crippen molar-refractivity contribution in [3.05, 3.63) is 0 Å². The van der Waals surface area contributed by atoms with Crippen LogP contribution in [0.5, 0.6) is 0 Å². The molecule has 1 atom stereocenters. The molecule has 0 radical (unpaired) electrons. The summed E-state index contributed by atoms with van der Waals surface area (Å²) in [4.78, 5) is 14.6. The summed E-state index contributed by atoms with van der Waals surface area (Å²) < 4.78 is 5.56. The number of hydrogen-bond acceptors (Lipinski definition) is 2. The standard InChI is InChI=1S/C15H26BrNO2/c1-2-19-14-8-12(9-14)10-15(18)17-7-5-3-4-6-13(17)11-16/h12-14H,2-11H2,1H3. The molecule has 19 heavy (non-hydrogen) atoms. The van der Waals surface area contributed by atoms with E-state index in [1.165, 1.54) is 19.3 Å². The number of ether oxygens (including phenoxy) is 1. The van der Waals surface area contributed by atoms with Crippen molar-refractivity contribution in [3.8, 4) is 0 Å². The molecule has 1 amide bonds. The topological polar surface area (TPSA) is 29.5 Å². The molecule has 4 heteroatoms. The van der Waals surface area contributed by atoms with Crippen molar-refractivity contribution in [2.75, 3.05) is 18.5 Å². The fourth-order valence-electron chi connectivity index (χ4n) is 3.24. The predicted molar refractivity (Wildman–Crippen MR) is 80.5 cm³/mol. The third kappa shape index (κ3) is 4.19. The molecule has 0 aromatic rings. The monoisotopic (exact) mass is 331 g/mol. The van der Waals surface area contributed by atoms with E-state index in [2.05, 4.69) is 20.8 Å². The van der Waals surface area contributed by atoms with Gasteiger partial charge in [0.05, 0.1) is 6.10 Å². The molecule has 3 nitrogen and oxygen atoms in total. The van der Waals surface area contributed by atoms with Crippen molar-refractivity contribution in [1.82, 2.24) is 4.90 Å². The molecular weight excluding hydrogens is 306 g/mol. The van der Waals surface area contributed by atoms with Gasteiger partial charge in [-0.05, 0) is 38.5 Å². The number of carbonyl (C=O) groups excluding carboxylic acids is 1. The second-order valence-electron chi connectivity index (χ2n) is 5.86. The van der Waals surface area contributed by atoms with Crippen LogP contribution in [0.4, 0.5) is 0 Å². The maximum Gasteiger partial charge on any atom is 0.223 e. The van der Waals surface area contributed by atoms with Crippen LogP contribution in [0.2, 0.25) is 0 Å². The number of amides is 1. The highest BCUT2D eigenvalue weighted by atomic mass is 79.9. The fraction of sp³-hybridized carbons (Fsp3) is 0.933. The maximum atomic E-state index is 12.5. The highest BCUT2D eigenvalue weighted by molar-refractivity contribution is 9.09. The second kappa shape index (κ2) is 7.63. The maximum absolute atomic E-state index is 12.5. The van der Waals surface area contributed by atoms with E-state index in [1.54, 1.807) is 0 Å². The van der Waals surface area contributed by atoms with E-state index in [9.17, 15) is 4.79 Å². The van der Waals surface area contributed by atoms with Crippen molar-refractivity contribution < 1.29 is 9.53 Å². The minimum Gasteiger partial charge on any atom is -0.378 e. The molecule has 1 saturated heterocycles. The van der Waals surface area contributed by atoms with Crippen LogP contribution in [0, 0.1) is 5.92 Å². The molecule has 110 valence electrons. The van der Waals surface area contributed by atoms with E-state index in [4.69, 9.17) is 4.74 Å². The van der Waals surface area contributed by atoms with E-state index < -0.39 is 0 Å². The molecule has 0 aromatic heterocycles. The first-order valence-electron chi connectivity index (χ1n) is 7.71. The van der Waals surface area contributed by atoms with Gasteiger partial charge in [0.1, 0.15) is 0 Å². The Hall–Kier alpha value is -0.0900. The number of nitrogens with zero attached hydrogens (tertiary/aromatic N) is 1. The van der Waals surface area contributed by atoms with Crippen LogP contribution in [-0.2, 0) is 9.53 Å². The van der Waals surface area contributed by atoms with Crippen molar-refractivity contribution in [2.24, 2.45) is 5.92 Å². The molecule has 0 N–H and O–H groups in total. The van der Waals surface area contributed by atoms with Gasteiger partial charge in [0, 0.05) is 30.9 Å². The first-order valence-corrected chi connectivity index (χ1v) is 8.83. The highest BCUT2D eigenvalue weighted by Gasteiger charge is 2.33. The van der Waals surface area contributed by atoms with Gasteiger partial charge < -0.3 is 9.64 Å². The van der Waals surface area contributed by atoms with Crippen LogP contribution in [0.1, 0.15) is 51.9 Å². The molecule has 1 aliphatic carbocycles. The summed E-state index contributed by atoms with van der Waals surface area (Å²) in [6.07, 6.45) is 8.15. The van der Waals surface area contributed by atoms with Crippen molar-refractivity contribution >= 4 is 21.8 Å². The van der Waals surface area contributed by atoms with Crippen LogP contribution in [0.3, 0.4) is 0 Å². The number of halogens is 1. The minimum absolute atomic E-state index is 0.367. The second-order valence-corrected chi connectivity index (χ2v) is 6.51. The van der Waals surface area contributed by atoms with Crippen molar-refractivity contribution in [2.45, 2.75) is 64.0 Å². The summed E-state index contributed by atoms with van der Waals surface area (Å²) in [5.41, 5.74) is 0. The average molecular weight is 332 g/mol. The van der Waals surface area contributed by atoms with Gasteiger partial charge in [-0.3, -0.25) is 4.79 Å². The lowest BCUT2D eigenvalue weighted by molar-refractivity contribution is -0.136. The molecule has 2 rings (SSSR count). The van der Waals surface area contributed by atoms with Crippen LogP contribution >= 0.6 is 15.9 Å². The Labute approximate surface area is 125 Å². The molecule has 0 aromatic carbocycles. The van der Waals surface area contributed by atoms with Gasteiger partial charge in [-0.15, -0.1) is 0 Å². The minimum atomic E-state index is 0.367. The third-order valence-electron chi connectivity index (χ3n) is 4.43. The molecule has 1 heterocycles. The average Bonchev–Trinajstić information content (AvgIpc) is 2.61. The lowest BCUT2D eigenvalue weighted by Gasteiger charge is -2.37. The first kappa shape index (κ1) is 15.3. The molecule has 0 spiro atoms. The molecule has 2 aliphatic rings. The van der Waals surface area contributed by atoms with Gasteiger partial charge in [0.15, 0.2) is 0 Å². The highest BCUT2D eigenvalue weighted by Crippen LogP contribution is 2.33. The summed E-state index contributed by atoms with van der Waals surface area (Å²) in [7, 11) is 0. The van der Waals surface area contributed by atoms with Crippen LogP contribution in [-0.4, -0.2) is 41.4 Å². The third-order valence-corrected chi connectivity index (χ3v) is 5.18. The largest absolute Gasteiger partial charge is 0.378 e. The Morgan fingerprint density at radius 3 is 2.79 bits per heavy atom. The van der Waals surface area contributed by atoms with Gasteiger partial charge in [0.2, 0.25) is 5.91 Å². The van der Waals surface area contributed by atoms with Gasteiger partial charge in [-0.25, -0.2) is 0 Å². The molecule has 1 unspecified atom stereocenters. The van der Waals surface area contributed by atoms with Gasteiger partial charge >= 0.3 is 0 Å². The number of hydrogen-bond donors (Lipinski definition) is 0. The summed E-state index contributed by atoms with van der Waals surface area (Å²) in [5, 5.41) is 0.922. The van der Waals surface area contributed by atoms with E-state index >= 15 is 0 Å². The van der Waals surface area contributed by atoms with Gasteiger partial charge in [0.25, 0.3) is 0 Å². The van der Waals surface area contributed by atoms with E-state index in [0.717, 1.165) is 44.2 Å². The Kier molecular flexibility index (Phi) is 6.14. The summed E-state index contributed by atoms with van der Waals surface area (Å²) in [6, 6.07) is 0.415. The van der Waals surface area contributed by atoms with Crippen molar-refractivity contribution in [3.63, 3.8) is 0 Å².